The van der Waals surface area contributed by atoms with Gasteiger partial charge < -0.3 is 0 Å². The first-order chi connectivity index (χ1) is 8.91. The summed E-state index contributed by atoms with van der Waals surface area (Å²) in [6.07, 6.45) is 3.42. The molecular weight excluding hydrogens is 240 g/mol. The third kappa shape index (κ3) is 2.62. The van der Waals surface area contributed by atoms with Crippen molar-refractivity contribution >= 4 is 5.69 Å². The van der Waals surface area contributed by atoms with Crippen molar-refractivity contribution in [1.82, 2.24) is 4.98 Å². The second-order valence-corrected chi connectivity index (χ2v) is 5.45. The molecule has 19 heavy (non-hydrogen) atoms. The van der Waals surface area contributed by atoms with Gasteiger partial charge in [-0.1, -0.05) is 32.9 Å². The van der Waals surface area contributed by atoms with Crippen LogP contribution in [0.15, 0.2) is 42.7 Å². The molecule has 1 aromatic heterocycles. The molecule has 0 unspecified atom stereocenters. The highest BCUT2D eigenvalue weighted by atomic mass is 16.6. The van der Waals surface area contributed by atoms with E-state index in [2.05, 4.69) is 25.8 Å². The van der Waals surface area contributed by atoms with Crippen molar-refractivity contribution in [3.8, 4) is 11.1 Å². The summed E-state index contributed by atoms with van der Waals surface area (Å²) >= 11 is 0. The lowest BCUT2D eigenvalue weighted by atomic mass is 9.82. The zero-order valence-corrected chi connectivity index (χ0v) is 11.3. The molecule has 0 spiro atoms. The number of hydrogen-bond acceptors (Lipinski definition) is 3. The van der Waals surface area contributed by atoms with Gasteiger partial charge in [0.25, 0.3) is 5.69 Å². The monoisotopic (exact) mass is 256 g/mol. The smallest absolute Gasteiger partial charge is 0.264 e. The maximum absolute atomic E-state index is 11.1. The first-order valence-electron chi connectivity index (χ1n) is 6.09. The van der Waals surface area contributed by atoms with Crippen LogP contribution in [0, 0.1) is 10.1 Å². The van der Waals surface area contributed by atoms with Gasteiger partial charge in [-0.3, -0.25) is 15.1 Å². The van der Waals surface area contributed by atoms with E-state index in [-0.39, 0.29) is 16.0 Å². The number of nitro benzene ring substituents is 1. The third-order valence-electron chi connectivity index (χ3n) is 3.02. The molecule has 0 amide bonds. The normalized spacial score (nSPS) is 11.3. The van der Waals surface area contributed by atoms with Gasteiger partial charge in [0.1, 0.15) is 0 Å². The van der Waals surface area contributed by atoms with Crippen LogP contribution in [0.5, 0.6) is 0 Å². The lowest BCUT2D eigenvalue weighted by Crippen LogP contribution is -2.13. The molecule has 0 aliphatic heterocycles. The fourth-order valence-corrected chi connectivity index (χ4v) is 2.12. The molecule has 0 radical (unpaired) electrons. The zero-order chi connectivity index (χ0) is 14.0. The predicted octanol–water partition coefficient (Wildman–Crippen LogP) is 3.95. The fraction of sp³-hybridized carbons (Fsp3) is 0.267. The summed E-state index contributed by atoms with van der Waals surface area (Å²) in [6, 6.07) is 8.70. The van der Waals surface area contributed by atoms with Crippen molar-refractivity contribution in [3.05, 3.63) is 58.4 Å². The molecule has 4 heteroatoms. The summed E-state index contributed by atoms with van der Waals surface area (Å²) in [6.45, 7) is 6.25. The van der Waals surface area contributed by atoms with Crippen LogP contribution in [0.1, 0.15) is 26.3 Å². The van der Waals surface area contributed by atoms with E-state index in [1.807, 2.05) is 12.1 Å². The van der Waals surface area contributed by atoms with Crippen LogP contribution in [-0.2, 0) is 5.41 Å². The van der Waals surface area contributed by atoms with Gasteiger partial charge in [-0.05, 0) is 23.1 Å². The van der Waals surface area contributed by atoms with E-state index in [1.54, 1.807) is 24.5 Å². The average Bonchev–Trinajstić information content (AvgIpc) is 2.37. The highest BCUT2D eigenvalue weighted by molar-refractivity contribution is 5.76. The van der Waals surface area contributed by atoms with Crippen molar-refractivity contribution < 1.29 is 4.92 Å². The number of hydrogen-bond donors (Lipinski definition) is 0. The number of para-hydroxylation sites is 1. The Balaban J connectivity index is 2.70. The molecule has 0 atom stereocenters. The maximum Gasteiger partial charge on any atom is 0.277 e. The lowest BCUT2D eigenvalue weighted by molar-refractivity contribution is -0.384. The van der Waals surface area contributed by atoms with E-state index >= 15 is 0 Å². The van der Waals surface area contributed by atoms with E-state index in [9.17, 15) is 10.1 Å². The molecule has 0 fully saturated rings. The van der Waals surface area contributed by atoms with Gasteiger partial charge in [0, 0.05) is 24.0 Å². The van der Waals surface area contributed by atoms with Gasteiger partial charge in [0.05, 0.1) is 10.5 Å². The summed E-state index contributed by atoms with van der Waals surface area (Å²) in [5.74, 6) is 0. The summed E-state index contributed by atoms with van der Waals surface area (Å²) in [4.78, 5) is 14.9. The standard InChI is InChI=1S/C15H16N2O2/c1-15(2,3)13-8-9-16-10-12(13)11-6-4-5-7-14(11)17(18)19/h4-10H,1-3H3. The van der Waals surface area contributed by atoms with Gasteiger partial charge in [-0.25, -0.2) is 0 Å². The van der Waals surface area contributed by atoms with E-state index in [0.29, 0.717) is 5.56 Å². The van der Waals surface area contributed by atoms with Crippen molar-refractivity contribution in [1.29, 1.82) is 0 Å². The molecule has 1 heterocycles. The number of benzene rings is 1. The van der Waals surface area contributed by atoms with E-state index < -0.39 is 0 Å². The summed E-state index contributed by atoms with van der Waals surface area (Å²) < 4.78 is 0. The Kier molecular flexibility index (Phi) is 3.34. The molecular formula is C15H16N2O2. The van der Waals surface area contributed by atoms with E-state index in [1.165, 1.54) is 6.07 Å². The van der Waals surface area contributed by atoms with Gasteiger partial charge >= 0.3 is 0 Å². The first-order valence-corrected chi connectivity index (χ1v) is 6.09. The Morgan fingerprint density at radius 2 is 1.79 bits per heavy atom. The largest absolute Gasteiger partial charge is 0.277 e. The van der Waals surface area contributed by atoms with Crippen LogP contribution in [0.25, 0.3) is 11.1 Å². The molecule has 2 aromatic rings. The molecule has 4 nitrogen and oxygen atoms in total. The average molecular weight is 256 g/mol. The lowest BCUT2D eigenvalue weighted by Gasteiger charge is -2.22. The second kappa shape index (κ2) is 4.80. The Hall–Kier alpha value is -2.23. The molecule has 0 bridgehead atoms. The number of nitro groups is 1. The minimum absolute atomic E-state index is 0.0953. The Labute approximate surface area is 112 Å². The van der Waals surface area contributed by atoms with Crippen LogP contribution >= 0.6 is 0 Å². The van der Waals surface area contributed by atoms with Crippen LogP contribution in [0.4, 0.5) is 5.69 Å². The highest BCUT2D eigenvalue weighted by Crippen LogP contribution is 2.36. The Morgan fingerprint density at radius 3 is 2.42 bits per heavy atom. The highest BCUT2D eigenvalue weighted by Gasteiger charge is 2.22. The van der Waals surface area contributed by atoms with Crippen molar-refractivity contribution in [3.63, 3.8) is 0 Å². The second-order valence-electron chi connectivity index (χ2n) is 5.45. The maximum atomic E-state index is 11.1. The molecule has 0 N–H and O–H groups in total. The van der Waals surface area contributed by atoms with E-state index in [4.69, 9.17) is 0 Å². The Morgan fingerprint density at radius 1 is 1.11 bits per heavy atom. The van der Waals surface area contributed by atoms with Crippen molar-refractivity contribution in [2.24, 2.45) is 0 Å². The molecule has 0 saturated heterocycles. The molecule has 0 aliphatic carbocycles. The van der Waals surface area contributed by atoms with Gasteiger partial charge in [0.2, 0.25) is 0 Å². The number of pyridine rings is 1. The number of aromatic nitrogens is 1. The zero-order valence-electron chi connectivity index (χ0n) is 11.3. The van der Waals surface area contributed by atoms with Crippen LogP contribution in [0.2, 0.25) is 0 Å². The fourth-order valence-electron chi connectivity index (χ4n) is 2.12. The number of nitrogens with zero attached hydrogens (tertiary/aromatic N) is 2. The van der Waals surface area contributed by atoms with Crippen molar-refractivity contribution in [2.45, 2.75) is 26.2 Å². The van der Waals surface area contributed by atoms with Gasteiger partial charge in [-0.2, -0.15) is 0 Å². The van der Waals surface area contributed by atoms with Crippen LogP contribution in [-0.4, -0.2) is 9.91 Å². The minimum atomic E-state index is -0.352. The summed E-state index contributed by atoms with van der Waals surface area (Å²) in [5, 5.41) is 11.1. The first kappa shape index (κ1) is 13.2. The van der Waals surface area contributed by atoms with E-state index in [0.717, 1.165) is 11.1 Å². The van der Waals surface area contributed by atoms with Crippen molar-refractivity contribution in [2.75, 3.05) is 0 Å². The predicted molar refractivity (Wildman–Crippen MR) is 75.0 cm³/mol. The summed E-state index contributed by atoms with van der Waals surface area (Å²) in [7, 11) is 0. The molecule has 0 aliphatic rings. The minimum Gasteiger partial charge on any atom is -0.264 e. The SMILES string of the molecule is CC(C)(C)c1ccncc1-c1ccccc1[N+](=O)[O-]. The molecule has 1 aromatic carbocycles. The third-order valence-corrected chi connectivity index (χ3v) is 3.02. The van der Waals surface area contributed by atoms with Crippen LogP contribution < -0.4 is 0 Å². The van der Waals surface area contributed by atoms with Crippen LogP contribution in [0.3, 0.4) is 0 Å². The summed E-state index contributed by atoms with van der Waals surface area (Å²) in [5.41, 5.74) is 2.51. The van der Waals surface area contributed by atoms with Gasteiger partial charge in [0.15, 0.2) is 0 Å². The molecule has 2 rings (SSSR count). The topological polar surface area (TPSA) is 56.0 Å². The number of rotatable bonds is 2. The quantitative estimate of drug-likeness (QED) is 0.603. The van der Waals surface area contributed by atoms with Gasteiger partial charge in [-0.15, -0.1) is 0 Å². The Bertz CT molecular complexity index is 616. The molecule has 98 valence electrons. The molecule has 0 saturated carbocycles.